The van der Waals surface area contributed by atoms with Crippen molar-refractivity contribution in [2.24, 2.45) is 23.7 Å². The van der Waals surface area contributed by atoms with Crippen LogP contribution < -0.4 is 0 Å². The van der Waals surface area contributed by atoms with Crippen LogP contribution in [0.25, 0.3) is 0 Å². The second-order valence-electron chi connectivity index (χ2n) is 8.23. The predicted molar refractivity (Wildman–Crippen MR) is 95.6 cm³/mol. The van der Waals surface area contributed by atoms with Crippen molar-refractivity contribution in [3.8, 4) is 0 Å². The summed E-state index contributed by atoms with van der Waals surface area (Å²) in [4.78, 5) is 0. The normalized spacial score (nSPS) is 16.4. The van der Waals surface area contributed by atoms with Crippen molar-refractivity contribution in [3.05, 3.63) is 0 Å². The van der Waals surface area contributed by atoms with Crippen LogP contribution in [0.4, 0.5) is 0 Å². The minimum atomic E-state index is -0.0833. The van der Waals surface area contributed by atoms with Crippen molar-refractivity contribution in [3.63, 3.8) is 0 Å². The van der Waals surface area contributed by atoms with E-state index in [4.69, 9.17) is 0 Å². The first-order valence-electron chi connectivity index (χ1n) is 9.51. The summed E-state index contributed by atoms with van der Waals surface area (Å²) < 4.78 is 0. The Morgan fingerprint density at radius 3 is 1.48 bits per heavy atom. The molecule has 0 rings (SSSR count). The lowest BCUT2D eigenvalue weighted by molar-refractivity contribution is 0.0968. The maximum absolute atomic E-state index is 10.2. The fourth-order valence-corrected chi connectivity index (χ4v) is 3.02. The van der Waals surface area contributed by atoms with E-state index in [1.807, 2.05) is 0 Å². The van der Waals surface area contributed by atoms with Crippen LogP contribution in [0.5, 0.6) is 0 Å². The van der Waals surface area contributed by atoms with E-state index >= 15 is 0 Å². The summed E-state index contributed by atoms with van der Waals surface area (Å²) in [5, 5.41) is 10.2. The summed E-state index contributed by atoms with van der Waals surface area (Å²) >= 11 is 0. The quantitative estimate of drug-likeness (QED) is 0.414. The van der Waals surface area contributed by atoms with E-state index in [1.54, 1.807) is 0 Å². The Labute approximate surface area is 134 Å². The Balaban J connectivity index is 3.60. The molecular formula is C20H42O. The highest BCUT2D eigenvalue weighted by Gasteiger charge is 2.14. The highest BCUT2D eigenvalue weighted by molar-refractivity contribution is 4.66. The molecule has 0 aliphatic rings. The third kappa shape index (κ3) is 13.4. The molecule has 0 aromatic rings. The van der Waals surface area contributed by atoms with Gasteiger partial charge in [-0.1, -0.05) is 86.5 Å². The molecule has 1 nitrogen and oxygen atoms in total. The highest BCUT2D eigenvalue weighted by Crippen LogP contribution is 2.22. The van der Waals surface area contributed by atoms with E-state index in [0.29, 0.717) is 5.92 Å². The number of hydrogen-bond acceptors (Lipinski definition) is 1. The lowest BCUT2D eigenvalue weighted by Crippen LogP contribution is -2.18. The van der Waals surface area contributed by atoms with Crippen molar-refractivity contribution >= 4 is 0 Å². The molecule has 1 heteroatoms. The third-order valence-electron chi connectivity index (χ3n) is 4.77. The molecule has 0 aromatic heterocycles. The summed E-state index contributed by atoms with van der Waals surface area (Å²) in [5.41, 5.74) is 0. The zero-order chi connectivity index (χ0) is 16.3. The summed E-state index contributed by atoms with van der Waals surface area (Å²) in [5.74, 6) is 2.93. The molecular weight excluding hydrogens is 256 g/mol. The molecule has 21 heavy (non-hydrogen) atoms. The maximum Gasteiger partial charge on any atom is 0.0565 e. The van der Waals surface area contributed by atoms with Gasteiger partial charge in [-0.25, -0.2) is 0 Å². The van der Waals surface area contributed by atoms with E-state index < -0.39 is 0 Å². The first-order chi connectivity index (χ1) is 9.82. The van der Waals surface area contributed by atoms with Gasteiger partial charge in [-0.2, -0.15) is 0 Å². The van der Waals surface area contributed by atoms with Gasteiger partial charge in [-0.05, 0) is 36.5 Å². The lowest BCUT2D eigenvalue weighted by Gasteiger charge is -2.20. The predicted octanol–water partition coefficient (Wildman–Crippen LogP) is 6.44. The fourth-order valence-electron chi connectivity index (χ4n) is 3.02. The van der Waals surface area contributed by atoms with Crippen LogP contribution in [0.15, 0.2) is 0 Å². The van der Waals surface area contributed by atoms with Gasteiger partial charge in [0.25, 0.3) is 0 Å². The molecule has 128 valence electrons. The highest BCUT2D eigenvalue weighted by atomic mass is 16.3. The SMILES string of the molecule is CC(C)CCCC(C)CCCC(O)C(C)CCCC(C)C. The van der Waals surface area contributed by atoms with Crippen LogP contribution in [0, 0.1) is 23.7 Å². The van der Waals surface area contributed by atoms with E-state index in [2.05, 4.69) is 41.5 Å². The van der Waals surface area contributed by atoms with E-state index in [9.17, 15) is 5.11 Å². The molecule has 3 unspecified atom stereocenters. The number of hydrogen-bond donors (Lipinski definition) is 1. The van der Waals surface area contributed by atoms with Gasteiger partial charge in [0.1, 0.15) is 0 Å². The third-order valence-corrected chi connectivity index (χ3v) is 4.77. The molecule has 0 spiro atoms. The first-order valence-corrected chi connectivity index (χ1v) is 9.51. The fraction of sp³-hybridized carbons (Fsp3) is 1.00. The zero-order valence-corrected chi connectivity index (χ0v) is 15.7. The lowest BCUT2D eigenvalue weighted by atomic mass is 9.90. The molecule has 0 heterocycles. The smallest absolute Gasteiger partial charge is 0.0565 e. The van der Waals surface area contributed by atoms with E-state index in [-0.39, 0.29) is 6.10 Å². The molecule has 3 atom stereocenters. The van der Waals surface area contributed by atoms with Crippen molar-refractivity contribution in [1.29, 1.82) is 0 Å². The molecule has 0 aliphatic carbocycles. The average molecular weight is 299 g/mol. The van der Waals surface area contributed by atoms with Crippen molar-refractivity contribution in [1.82, 2.24) is 0 Å². The van der Waals surface area contributed by atoms with Gasteiger partial charge in [0, 0.05) is 0 Å². The minimum absolute atomic E-state index is 0.0833. The zero-order valence-electron chi connectivity index (χ0n) is 15.7. The Morgan fingerprint density at radius 2 is 1.00 bits per heavy atom. The first kappa shape index (κ1) is 21.0. The number of rotatable bonds is 13. The number of aliphatic hydroxyl groups excluding tert-OH is 1. The Kier molecular flexibility index (Phi) is 12.5. The molecule has 0 aliphatic heterocycles. The number of aliphatic hydroxyl groups is 1. The molecule has 1 N–H and O–H groups in total. The van der Waals surface area contributed by atoms with Gasteiger partial charge < -0.3 is 5.11 Å². The van der Waals surface area contributed by atoms with Crippen LogP contribution >= 0.6 is 0 Å². The van der Waals surface area contributed by atoms with Gasteiger partial charge in [0.2, 0.25) is 0 Å². The van der Waals surface area contributed by atoms with Crippen LogP contribution in [0.1, 0.15) is 99.3 Å². The largest absolute Gasteiger partial charge is 0.393 e. The average Bonchev–Trinajstić information content (AvgIpc) is 2.37. The second kappa shape index (κ2) is 12.5. The Hall–Kier alpha value is -0.0400. The van der Waals surface area contributed by atoms with E-state index in [1.165, 1.54) is 51.4 Å². The molecule has 0 saturated carbocycles. The summed E-state index contributed by atoms with van der Waals surface area (Å²) in [6, 6.07) is 0. The van der Waals surface area contributed by atoms with Crippen molar-refractivity contribution in [2.45, 2.75) is 105 Å². The summed E-state index contributed by atoms with van der Waals surface area (Å²) in [6.45, 7) is 13.8. The molecule has 0 saturated heterocycles. The van der Waals surface area contributed by atoms with Gasteiger partial charge in [0.05, 0.1) is 6.10 Å². The maximum atomic E-state index is 10.2. The molecule has 0 aromatic carbocycles. The second-order valence-corrected chi connectivity index (χ2v) is 8.23. The van der Waals surface area contributed by atoms with Gasteiger partial charge in [0.15, 0.2) is 0 Å². The van der Waals surface area contributed by atoms with Crippen LogP contribution in [0.2, 0.25) is 0 Å². The Morgan fingerprint density at radius 1 is 0.571 bits per heavy atom. The van der Waals surface area contributed by atoms with Gasteiger partial charge in [-0.15, -0.1) is 0 Å². The summed E-state index contributed by atoms with van der Waals surface area (Å²) in [7, 11) is 0. The van der Waals surface area contributed by atoms with Crippen LogP contribution in [-0.2, 0) is 0 Å². The monoisotopic (exact) mass is 298 g/mol. The van der Waals surface area contributed by atoms with Crippen molar-refractivity contribution < 1.29 is 5.11 Å². The van der Waals surface area contributed by atoms with Crippen LogP contribution in [0.3, 0.4) is 0 Å². The van der Waals surface area contributed by atoms with Crippen LogP contribution in [-0.4, -0.2) is 11.2 Å². The molecule has 0 bridgehead atoms. The van der Waals surface area contributed by atoms with Crippen molar-refractivity contribution in [2.75, 3.05) is 0 Å². The summed E-state index contributed by atoms with van der Waals surface area (Å²) in [6.07, 6.45) is 11.2. The minimum Gasteiger partial charge on any atom is -0.393 e. The molecule has 0 radical (unpaired) electrons. The Bertz CT molecular complexity index is 222. The molecule has 0 amide bonds. The van der Waals surface area contributed by atoms with E-state index in [0.717, 1.165) is 24.2 Å². The molecule has 0 fully saturated rings. The standard InChI is InChI=1S/C20H42O/c1-16(2)10-7-12-18(5)13-9-15-20(21)19(6)14-8-11-17(3)4/h16-21H,7-15H2,1-6H3. The van der Waals surface area contributed by atoms with Gasteiger partial charge in [-0.3, -0.25) is 0 Å². The van der Waals surface area contributed by atoms with Gasteiger partial charge >= 0.3 is 0 Å². The topological polar surface area (TPSA) is 20.2 Å².